The fraction of sp³-hybridized carbons (Fsp3) is 0.300. The maximum atomic E-state index is 4.77. The van der Waals surface area contributed by atoms with Gasteiger partial charge in [-0.1, -0.05) is 58.9 Å². The Kier molecular flexibility index (Phi) is 5.69. The molecule has 0 saturated heterocycles. The van der Waals surface area contributed by atoms with Gasteiger partial charge in [-0.3, -0.25) is 4.40 Å². The predicted octanol–water partition coefficient (Wildman–Crippen LogP) is 5.65. The quantitative estimate of drug-likeness (QED) is 0.455. The minimum absolute atomic E-state index is 0.891. The summed E-state index contributed by atoms with van der Waals surface area (Å²) in [7, 11) is 0. The lowest BCUT2D eigenvalue weighted by Crippen LogP contribution is -2.00. The lowest BCUT2D eigenvalue weighted by molar-refractivity contribution is 0.930. The van der Waals surface area contributed by atoms with E-state index >= 15 is 0 Å². The first-order valence-electron chi connectivity index (χ1n) is 8.53. The molecule has 3 nitrogen and oxygen atoms in total. The molecule has 0 fully saturated rings. The minimum atomic E-state index is 0.891. The van der Waals surface area contributed by atoms with E-state index in [0.717, 1.165) is 39.8 Å². The third-order valence-corrected chi connectivity index (χ3v) is 3.53. The summed E-state index contributed by atoms with van der Waals surface area (Å²) in [6, 6.07) is 16.4. The molecule has 2 aromatic heterocycles. The highest BCUT2D eigenvalue weighted by Crippen LogP contribution is 2.24. The number of aromatic nitrogens is 3. The van der Waals surface area contributed by atoms with Gasteiger partial charge >= 0.3 is 0 Å². The number of rotatable bonds is 1. The zero-order valence-corrected chi connectivity index (χ0v) is 14.7. The highest BCUT2D eigenvalue weighted by molar-refractivity contribution is 5.96. The van der Waals surface area contributed by atoms with Crippen molar-refractivity contribution in [2.45, 2.75) is 41.0 Å². The summed E-state index contributed by atoms with van der Waals surface area (Å²) in [4.78, 5) is 9.54. The van der Waals surface area contributed by atoms with Crippen molar-refractivity contribution in [3.05, 3.63) is 54.4 Å². The highest BCUT2D eigenvalue weighted by Gasteiger charge is 2.11. The number of fused-ring (bicyclic) bond motifs is 5. The molecule has 4 rings (SSSR count). The second-order valence-corrected chi connectivity index (χ2v) is 4.66. The third kappa shape index (κ3) is 2.91. The first kappa shape index (κ1) is 16.9. The molecule has 3 heteroatoms. The second kappa shape index (κ2) is 7.73. The maximum Gasteiger partial charge on any atom is 0.148 e. The Morgan fingerprint density at radius 1 is 0.783 bits per heavy atom. The van der Waals surface area contributed by atoms with E-state index in [4.69, 9.17) is 9.97 Å². The summed E-state index contributed by atoms with van der Waals surface area (Å²) < 4.78 is 2.18. The van der Waals surface area contributed by atoms with Crippen molar-refractivity contribution in [2.75, 3.05) is 0 Å². The number of benzene rings is 2. The van der Waals surface area contributed by atoms with Crippen LogP contribution in [0.5, 0.6) is 0 Å². The van der Waals surface area contributed by atoms with Crippen LogP contribution >= 0.6 is 0 Å². The van der Waals surface area contributed by atoms with Crippen LogP contribution in [0.25, 0.3) is 27.6 Å². The third-order valence-electron chi connectivity index (χ3n) is 3.53. The molecule has 0 saturated carbocycles. The van der Waals surface area contributed by atoms with Gasteiger partial charge in [-0.15, -0.1) is 0 Å². The molecule has 2 heterocycles. The number of aryl methyl sites for hydroxylation is 1. The number of nitrogens with zero attached hydrogens (tertiary/aromatic N) is 3. The van der Waals surface area contributed by atoms with Gasteiger partial charge < -0.3 is 0 Å². The summed E-state index contributed by atoms with van der Waals surface area (Å²) in [5.41, 5.74) is 4.17. The van der Waals surface area contributed by atoms with Crippen LogP contribution in [-0.4, -0.2) is 14.4 Å². The van der Waals surface area contributed by atoms with E-state index in [1.54, 1.807) is 0 Å². The molecule has 2 aromatic carbocycles. The van der Waals surface area contributed by atoms with E-state index in [-0.39, 0.29) is 0 Å². The maximum absolute atomic E-state index is 4.77. The number of imidazole rings is 1. The van der Waals surface area contributed by atoms with Gasteiger partial charge in [0.25, 0.3) is 0 Å². The van der Waals surface area contributed by atoms with Crippen molar-refractivity contribution >= 4 is 27.6 Å². The Morgan fingerprint density at radius 3 is 2.09 bits per heavy atom. The monoisotopic (exact) mass is 307 g/mol. The fourth-order valence-electron chi connectivity index (χ4n) is 2.65. The zero-order chi connectivity index (χ0) is 16.8. The van der Waals surface area contributed by atoms with Gasteiger partial charge in [0.1, 0.15) is 11.5 Å². The molecule has 0 N–H and O–H groups in total. The average Bonchev–Trinajstić information content (AvgIpc) is 3.04. The summed E-state index contributed by atoms with van der Waals surface area (Å²) >= 11 is 0. The van der Waals surface area contributed by atoms with Crippen LogP contribution in [-0.2, 0) is 6.42 Å². The lowest BCUT2D eigenvalue weighted by atomic mass is 10.2. The molecule has 0 aliphatic heterocycles. The molecule has 0 spiro atoms. The lowest BCUT2D eigenvalue weighted by Gasteiger charge is -2.06. The Morgan fingerprint density at radius 2 is 1.39 bits per heavy atom. The van der Waals surface area contributed by atoms with Gasteiger partial charge in [-0.2, -0.15) is 0 Å². The first-order valence-corrected chi connectivity index (χ1v) is 8.53. The number of hydrogen-bond donors (Lipinski definition) is 0. The van der Waals surface area contributed by atoms with Gasteiger partial charge in [0.05, 0.1) is 16.6 Å². The Labute approximate surface area is 138 Å². The van der Waals surface area contributed by atoms with Gasteiger partial charge in [0.2, 0.25) is 0 Å². The van der Waals surface area contributed by atoms with Crippen molar-refractivity contribution in [3.63, 3.8) is 0 Å². The van der Waals surface area contributed by atoms with Crippen LogP contribution < -0.4 is 0 Å². The molecule has 0 aliphatic carbocycles. The average molecular weight is 307 g/mol. The standard InChI is InChI=1S/C16H13N3.2C2H6/c1-2-15-17-12-8-4-3-7-11(12)16-18-13-9-5-6-10-14(13)19(15)16;2*1-2/h3-10H,2H2,1H3;2*1-2H3. The predicted molar refractivity (Wildman–Crippen MR) is 100 cm³/mol. The topological polar surface area (TPSA) is 30.2 Å². The molecule has 0 atom stereocenters. The first-order chi connectivity index (χ1) is 11.4. The van der Waals surface area contributed by atoms with Crippen molar-refractivity contribution in [1.29, 1.82) is 0 Å². The molecule has 120 valence electrons. The SMILES string of the molecule is CC.CC.CCc1nc2ccccc2c2nc3ccccc3n12. The van der Waals surface area contributed by atoms with E-state index in [9.17, 15) is 0 Å². The van der Waals surface area contributed by atoms with Crippen molar-refractivity contribution in [2.24, 2.45) is 0 Å². The van der Waals surface area contributed by atoms with Crippen LogP contribution in [0.1, 0.15) is 40.4 Å². The molecular formula is C20H25N3. The van der Waals surface area contributed by atoms with E-state index in [1.165, 1.54) is 0 Å². The van der Waals surface area contributed by atoms with Gasteiger partial charge in [-0.05, 0) is 24.3 Å². The molecule has 0 unspecified atom stereocenters. The smallest absolute Gasteiger partial charge is 0.148 e. The Bertz CT molecular complexity index is 907. The molecule has 0 radical (unpaired) electrons. The van der Waals surface area contributed by atoms with Crippen LogP contribution in [0.15, 0.2) is 48.5 Å². The Hall–Kier alpha value is -2.42. The summed E-state index contributed by atoms with van der Waals surface area (Å²) in [6.45, 7) is 10.1. The Balaban J connectivity index is 0.000000448. The zero-order valence-electron chi connectivity index (χ0n) is 14.7. The molecular weight excluding hydrogens is 282 g/mol. The van der Waals surface area contributed by atoms with Crippen LogP contribution in [0.2, 0.25) is 0 Å². The van der Waals surface area contributed by atoms with Crippen molar-refractivity contribution < 1.29 is 0 Å². The molecule has 0 bridgehead atoms. The van der Waals surface area contributed by atoms with Crippen LogP contribution in [0, 0.1) is 0 Å². The van der Waals surface area contributed by atoms with Gasteiger partial charge in [-0.25, -0.2) is 9.97 Å². The van der Waals surface area contributed by atoms with Crippen molar-refractivity contribution in [3.8, 4) is 0 Å². The number of hydrogen-bond acceptors (Lipinski definition) is 2. The van der Waals surface area contributed by atoms with E-state index in [0.29, 0.717) is 0 Å². The highest BCUT2D eigenvalue weighted by atomic mass is 15.1. The second-order valence-electron chi connectivity index (χ2n) is 4.66. The number of para-hydroxylation sites is 3. The van der Waals surface area contributed by atoms with E-state index < -0.39 is 0 Å². The fourth-order valence-corrected chi connectivity index (χ4v) is 2.65. The van der Waals surface area contributed by atoms with Gasteiger partial charge in [0, 0.05) is 11.8 Å². The summed E-state index contributed by atoms with van der Waals surface area (Å²) in [6.07, 6.45) is 0.891. The van der Waals surface area contributed by atoms with Gasteiger partial charge in [0.15, 0.2) is 0 Å². The van der Waals surface area contributed by atoms with E-state index in [1.807, 2.05) is 58.0 Å². The molecule has 0 aliphatic rings. The molecule has 4 aromatic rings. The summed E-state index contributed by atoms with van der Waals surface area (Å²) in [5, 5.41) is 1.11. The largest absolute Gasteiger partial charge is 0.280 e. The summed E-state index contributed by atoms with van der Waals surface area (Å²) in [5.74, 6) is 1.06. The van der Waals surface area contributed by atoms with Crippen LogP contribution in [0.4, 0.5) is 0 Å². The van der Waals surface area contributed by atoms with E-state index in [2.05, 4.69) is 29.5 Å². The van der Waals surface area contributed by atoms with Crippen molar-refractivity contribution in [1.82, 2.24) is 14.4 Å². The van der Waals surface area contributed by atoms with Crippen LogP contribution in [0.3, 0.4) is 0 Å². The molecule has 0 amide bonds. The minimum Gasteiger partial charge on any atom is -0.280 e. The molecule has 23 heavy (non-hydrogen) atoms. The normalized spacial score (nSPS) is 10.1.